The summed E-state index contributed by atoms with van der Waals surface area (Å²) < 4.78 is 10.5. The van der Waals surface area contributed by atoms with Gasteiger partial charge in [0.25, 0.3) is 0 Å². The predicted molar refractivity (Wildman–Crippen MR) is 91.3 cm³/mol. The number of rotatable bonds is 10. The SMILES string of the molecule is c1ccc(OOOc2ccccc2CCC2CO2)c(CCC2CO2)c1. The van der Waals surface area contributed by atoms with Gasteiger partial charge in [-0.15, -0.1) is 0 Å². The van der Waals surface area contributed by atoms with Crippen molar-refractivity contribution in [3.63, 3.8) is 0 Å². The van der Waals surface area contributed by atoms with Crippen molar-refractivity contribution < 1.29 is 24.3 Å². The van der Waals surface area contributed by atoms with Crippen LogP contribution in [0.1, 0.15) is 24.0 Å². The molecule has 2 atom stereocenters. The van der Waals surface area contributed by atoms with Gasteiger partial charge in [0.2, 0.25) is 0 Å². The minimum atomic E-state index is 0.396. The third-order valence-electron chi connectivity index (χ3n) is 4.47. The lowest BCUT2D eigenvalue weighted by molar-refractivity contribution is -0.411. The summed E-state index contributed by atoms with van der Waals surface area (Å²) in [6.07, 6.45) is 4.56. The van der Waals surface area contributed by atoms with Crippen molar-refractivity contribution in [3.05, 3.63) is 59.7 Å². The van der Waals surface area contributed by atoms with Crippen LogP contribution in [0.4, 0.5) is 0 Å². The third kappa shape index (κ3) is 4.95. The molecular weight excluding hydrogens is 320 g/mol. The van der Waals surface area contributed by atoms with Gasteiger partial charge < -0.3 is 9.47 Å². The van der Waals surface area contributed by atoms with Gasteiger partial charge in [0, 0.05) is 5.04 Å². The number of epoxide rings is 2. The van der Waals surface area contributed by atoms with Crippen LogP contribution in [0.3, 0.4) is 0 Å². The quantitative estimate of drug-likeness (QED) is 0.375. The molecule has 2 aromatic rings. The topological polar surface area (TPSA) is 52.8 Å². The molecule has 0 N–H and O–H groups in total. The van der Waals surface area contributed by atoms with E-state index in [1.165, 1.54) is 0 Å². The molecule has 2 heterocycles. The van der Waals surface area contributed by atoms with Crippen LogP contribution in [0.2, 0.25) is 0 Å². The van der Waals surface area contributed by atoms with Crippen molar-refractivity contribution in [3.8, 4) is 11.5 Å². The Hall–Kier alpha value is -2.08. The van der Waals surface area contributed by atoms with Gasteiger partial charge in [-0.1, -0.05) is 36.4 Å². The van der Waals surface area contributed by atoms with Crippen molar-refractivity contribution in [1.82, 2.24) is 0 Å². The summed E-state index contributed by atoms with van der Waals surface area (Å²) >= 11 is 0. The molecule has 2 fully saturated rings. The molecule has 2 unspecified atom stereocenters. The van der Waals surface area contributed by atoms with Gasteiger partial charge in [0.1, 0.15) is 0 Å². The first-order valence-electron chi connectivity index (χ1n) is 8.79. The Morgan fingerprint density at radius 1 is 0.720 bits per heavy atom. The molecule has 0 saturated carbocycles. The largest absolute Gasteiger partial charge is 0.373 e. The molecule has 25 heavy (non-hydrogen) atoms. The first-order valence-corrected chi connectivity index (χ1v) is 8.79. The summed E-state index contributed by atoms with van der Waals surface area (Å²) in [5.41, 5.74) is 2.17. The van der Waals surface area contributed by atoms with Crippen LogP contribution in [0, 0.1) is 0 Å². The molecule has 5 heteroatoms. The summed E-state index contributed by atoms with van der Waals surface area (Å²) in [6.45, 7) is 1.73. The molecule has 2 aromatic carbocycles. The maximum atomic E-state index is 5.40. The first kappa shape index (κ1) is 16.4. The Labute approximate surface area is 147 Å². The highest BCUT2D eigenvalue weighted by atomic mass is 17.5. The fourth-order valence-electron chi connectivity index (χ4n) is 2.78. The van der Waals surface area contributed by atoms with Crippen molar-refractivity contribution in [1.29, 1.82) is 0 Å². The highest BCUT2D eigenvalue weighted by molar-refractivity contribution is 5.34. The second-order valence-electron chi connectivity index (χ2n) is 6.44. The van der Waals surface area contributed by atoms with E-state index in [9.17, 15) is 0 Å². The summed E-state index contributed by atoms with van der Waals surface area (Å²) in [5, 5.41) is 5.07. The van der Waals surface area contributed by atoms with E-state index < -0.39 is 0 Å². The molecule has 0 bridgehead atoms. The molecule has 0 aliphatic carbocycles. The van der Waals surface area contributed by atoms with Crippen LogP contribution in [-0.4, -0.2) is 25.4 Å². The second kappa shape index (κ2) is 7.87. The summed E-state index contributed by atoms with van der Waals surface area (Å²) in [7, 11) is 0. The van der Waals surface area contributed by atoms with Crippen molar-refractivity contribution in [2.75, 3.05) is 13.2 Å². The van der Waals surface area contributed by atoms with Gasteiger partial charge in [-0.2, -0.15) is 0 Å². The van der Waals surface area contributed by atoms with Gasteiger partial charge in [-0.05, 0) is 48.9 Å². The first-order chi connectivity index (χ1) is 12.4. The Kier molecular flexibility index (Phi) is 5.16. The van der Waals surface area contributed by atoms with E-state index in [-0.39, 0.29) is 0 Å². The van der Waals surface area contributed by atoms with Gasteiger partial charge in [0.15, 0.2) is 11.5 Å². The zero-order chi connectivity index (χ0) is 16.9. The molecule has 132 valence electrons. The lowest BCUT2D eigenvalue weighted by Crippen LogP contribution is -2.06. The number of hydrogen-bond donors (Lipinski definition) is 0. The van der Waals surface area contributed by atoms with Crippen LogP contribution in [-0.2, 0) is 27.4 Å². The highest BCUT2D eigenvalue weighted by Crippen LogP contribution is 2.26. The zero-order valence-corrected chi connectivity index (χ0v) is 14.1. The molecular formula is C20H22O5. The van der Waals surface area contributed by atoms with Crippen LogP contribution in [0.15, 0.2) is 48.5 Å². The number of hydrogen-bond acceptors (Lipinski definition) is 5. The molecule has 0 radical (unpaired) electrons. The Morgan fingerprint density at radius 2 is 1.16 bits per heavy atom. The monoisotopic (exact) mass is 342 g/mol. The molecule has 2 saturated heterocycles. The Bertz CT molecular complexity index is 634. The maximum absolute atomic E-state index is 5.40. The van der Waals surface area contributed by atoms with Crippen LogP contribution in [0.25, 0.3) is 0 Å². The van der Waals surface area contributed by atoms with Crippen LogP contribution in [0.5, 0.6) is 11.5 Å². The number of benzene rings is 2. The van der Waals surface area contributed by atoms with Gasteiger partial charge in [-0.25, -0.2) is 0 Å². The molecule has 2 aliphatic rings. The molecule has 0 aromatic heterocycles. The van der Waals surface area contributed by atoms with Crippen molar-refractivity contribution >= 4 is 0 Å². The summed E-state index contributed by atoms with van der Waals surface area (Å²) in [6, 6.07) is 15.6. The standard InChI is InChI=1S/C20H22O5/c1-3-7-19(15(5-1)9-11-17-13-21-17)23-25-24-20-8-4-2-6-16(20)10-12-18-14-22-18/h1-8,17-18H,9-14H2. The fourth-order valence-corrected chi connectivity index (χ4v) is 2.78. The lowest BCUT2D eigenvalue weighted by Gasteiger charge is -2.11. The predicted octanol–water partition coefficient (Wildman–Crippen LogP) is 3.65. The highest BCUT2D eigenvalue weighted by Gasteiger charge is 2.23. The Balaban J connectivity index is 1.31. The average molecular weight is 342 g/mol. The van der Waals surface area contributed by atoms with E-state index in [0.717, 1.165) is 50.0 Å². The van der Waals surface area contributed by atoms with Crippen LogP contribution < -0.4 is 9.78 Å². The smallest absolute Gasteiger partial charge is 0.172 e. The van der Waals surface area contributed by atoms with Gasteiger partial charge in [-0.3, -0.25) is 9.78 Å². The van der Waals surface area contributed by atoms with E-state index in [2.05, 4.69) is 0 Å². The van der Waals surface area contributed by atoms with E-state index in [1.54, 1.807) is 0 Å². The average Bonchev–Trinajstić information content (AvgIpc) is 3.55. The maximum Gasteiger partial charge on any atom is 0.172 e. The summed E-state index contributed by atoms with van der Waals surface area (Å²) in [5.74, 6) is 1.35. The van der Waals surface area contributed by atoms with E-state index >= 15 is 0 Å². The second-order valence-corrected chi connectivity index (χ2v) is 6.44. The van der Waals surface area contributed by atoms with E-state index in [0.29, 0.717) is 23.7 Å². The fraction of sp³-hybridized carbons (Fsp3) is 0.400. The van der Waals surface area contributed by atoms with E-state index in [4.69, 9.17) is 24.3 Å². The van der Waals surface area contributed by atoms with Gasteiger partial charge >= 0.3 is 0 Å². The van der Waals surface area contributed by atoms with Crippen LogP contribution >= 0.6 is 0 Å². The minimum Gasteiger partial charge on any atom is -0.373 e. The molecule has 0 amide bonds. The molecule has 5 nitrogen and oxygen atoms in total. The number of aryl methyl sites for hydroxylation is 2. The number of ether oxygens (including phenoxy) is 2. The van der Waals surface area contributed by atoms with Gasteiger partial charge in [0.05, 0.1) is 25.4 Å². The summed E-state index contributed by atoms with van der Waals surface area (Å²) in [4.78, 5) is 10.8. The number of para-hydroxylation sites is 2. The van der Waals surface area contributed by atoms with Crippen molar-refractivity contribution in [2.24, 2.45) is 0 Å². The van der Waals surface area contributed by atoms with Crippen molar-refractivity contribution in [2.45, 2.75) is 37.9 Å². The molecule has 0 spiro atoms. The molecule has 4 rings (SSSR count). The normalized spacial score (nSPS) is 21.0. The van der Waals surface area contributed by atoms with E-state index in [1.807, 2.05) is 48.5 Å². The minimum absolute atomic E-state index is 0.396. The lowest BCUT2D eigenvalue weighted by atomic mass is 10.1. The zero-order valence-electron chi connectivity index (χ0n) is 14.1. The third-order valence-corrected chi connectivity index (χ3v) is 4.47. The Morgan fingerprint density at radius 3 is 1.60 bits per heavy atom. The molecule has 2 aliphatic heterocycles.